The molecule has 1 heterocycles. The molecular weight excluding hydrogens is 338 g/mol. The van der Waals surface area contributed by atoms with Gasteiger partial charge in [-0.15, -0.1) is 0 Å². The van der Waals surface area contributed by atoms with Gasteiger partial charge in [0.2, 0.25) is 10.0 Å². The summed E-state index contributed by atoms with van der Waals surface area (Å²) in [4.78, 5) is 16.4. The Morgan fingerprint density at radius 3 is 2.44 bits per heavy atom. The molecule has 0 radical (unpaired) electrons. The summed E-state index contributed by atoms with van der Waals surface area (Å²) >= 11 is 0. The molecule has 7 heteroatoms. The highest BCUT2D eigenvalue weighted by Gasteiger charge is 2.19. The molecule has 0 spiro atoms. The van der Waals surface area contributed by atoms with E-state index in [9.17, 15) is 13.2 Å². The summed E-state index contributed by atoms with van der Waals surface area (Å²) in [6.07, 6.45) is 5.92. The van der Waals surface area contributed by atoms with E-state index in [0.717, 1.165) is 25.7 Å². The van der Waals surface area contributed by atoms with Crippen LogP contribution in [0.3, 0.4) is 0 Å². The fourth-order valence-electron chi connectivity index (χ4n) is 2.88. The number of sulfonamides is 1. The summed E-state index contributed by atoms with van der Waals surface area (Å²) in [7, 11) is -3.65. The van der Waals surface area contributed by atoms with Crippen LogP contribution in [-0.2, 0) is 16.6 Å². The van der Waals surface area contributed by atoms with Crippen LogP contribution in [0.25, 0.3) is 0 Å². The topological polar surface area (TPSA) is 88.2 Å². The van der Waals surface area contributed by atoms with Gasteiger partial charge in [-0.25, -0.2) is 13.1 Å². The molecule has 0 aliphatic heterocycles. The zero-order chi connectivity index (χ0) is 17.7. The lowest BCUT2D eigenvalue weighted by atomic mass is 10.2. The molecule has 1 aliphatic rings. The molecule has 1 aromatic heterocycles. The average molecular weight is 359 g/mol. The fraction of sp³-hybridized carbons (Fsp3) is 0.333. The van der Waals surface area contributed by atoms with Gasteiger partial charge in [-0.05, 0) is 49.2 Å². The zero-order valence-corrected chi connectivity index (χ0v) is 14.6. The van der Waals surface area contributed by atoms with Crippen LogP contribution in [-0.4, -0.2) is 25.4 Å². The molecule has 132 valence electrons. The van der Waals surface area contributed by atoms with Gasteiger partial charge in [-0.1, -0.05) is 18.9 Å². The highest BCUT2D eigenvalue weighted by molar-refractivity contribution is 7.89. The van der Waals surface area contributed by atoms with Crippen LogP contribution in [0, 0.1) is 0 Å². The Bertz CT molecular complexity index is 814. The normalized spacial score (nSPS) is 15.2. The lowest BCUT2D eigenvalue weighted by Crippen LogP contribution is -2.32. The van der Waals surface area contributed by atoms with Crippen LogP contribution in [0.1, 0.15) is 41.7 Å². The van der Waals surface area contributed by atoms with E-state index in [1.807, 2.05) is 0 Å². The largest absolute Gasteiger partial charge is 0.349 e. The van der Waals surface area contributed by atoms with E-state index < -0.39 is 10.0 Å². The first-order valence-electron chi connectivity index (χ1n) is 8.35. The predicted molar refractivity (Wildman–Crippen MR) is 94.4 cm³/mol. The van der Waals surface area contributed by atoms with Crippen molar-refractivity contribution in [2.24, 2.45) is 0 Å². The second kappa shape index (κ2) is 7.76. The van der Waals surface area contributed by atoms with Crippen molar-refractivity contribution in [2.75, 3.05) is 0 Å². The van der Waals surface area contributed by atoms with Crippen molar-refractivity contribution in [3.63, 3.8) is 0 Å². The van der Waals surface area contributed by atoms with Gasteiger partial charge < -0.3 is 5.32 Å². The summed E-state index contributed by atoms with van der Waals surface area (Å²) in [6, 6.07) is 11.5. The number of carbonyl (C=O) groups excluding carboxylic acids is 1. The first-order valence-corrected chi connectivity index (χ1v) is 9.83. The molecule has 1 saturated carbocycles. The minimum Gasteiger partial charge on any atom is -0.349 e. The Hall–Kier alpha value is -2.25. The third-order valence-corrected chi connectivity index (χ3v) is 5.70. The monoisotopic (exact) mass is 359 g/mol. The maximum atomic E-state index is 12.3. The van der Waals surface area contributed by atoms with Crippen molar-refractivity contribution in [3.05, 3.63) is 59.9 Å². The molecule has 0 bridgehead atoms. The SMILES string of the molecule is O=C(NC1CCCC1)c1ccc(S(=O)(=O)NCc2ccccn2)cc1. The van der Waals surface area contributed by atoms with Crippen molar-refractivity contribution in [3.8, 4) is 0 Å². The van der Waals surface area contributed by atoms with Gasteiger partial charge in [0.05, 0.1) is 17.1 Å². The predicted octanol–water partition coefficient (Wildman–Crippen LogP) is 2.23. The van der Waals surface area contributed by atoms with E-state index in [1.54, 1.807) is 36.5 Å². The van der Waals surface area contributed by atoms with Gasteiger partial charge in [-0.3, -0.25) is 9.78 Å². The van der Waals surface area contributed by atoms with Gasteiger partial charge in [0.15, 0.2) is 0 Å². The maximum Gasteiger partial charge on any atom is 0.251 e. The van der Waals surface area contributed by atoms with E-state index >= 15 is 0 Å². The second-order valence-electron chi connectivity index (χ2n) is 6.12. The summed E-state index contributed by atoms with van der Waals surface area (Å²) in [5.41, 5.74) is 1.11. The Morgan fingerprint density at radius 1 is 1.08 bits per heavy atom. The first-order chi connectivity index (χ1) is 12.0. The van der Waals surface area contributed by atoms with Crippen molar-refractivity contribution >= 4 is 15.9 Å². The Labute approximate surface area is 147 Å². The number of rotatable bonds is 6. The molecule has 1 fully saturated rings. The third-order valence-electron chi connectivity index (χ3n) is 4.29. The number of pyridine rings is 1. The lowest BCUT2D eigenvalue weighted by molar-refractivity contribution is 0.0938. The average Bonchev–Trinajstić information content (AvgIpc) is 3.14. The van der Waals surface area contributed by atoms with E-state index in [1.165, 1.54) is 12.1 Å². The second-order valence-corrected chi connectivity index (χ2v) is 7.89. The quantitative estimate of drug-likeness (QED) is 0.828. The van der Waals surface area contributed by atoms with Gasteiger partial charge in [0, 0.05) is 17.8 Å². The Kier molecular flexibility index (Phi) is 5.45. The summed E-state index contributed by atoms with van der Waals surface area (Å²) in [6.45, 7) is 0.118. The molecule has 1 aromatic carbocycles. The smallest absolute Gasteiger partial charge is 0.251 e. The molecular formula is C18H21N3O3S. The van der Waals surface area contributed by atoms with E-state index in [-0.39, 0.29) is 23.4 Å². The summed E-state index contributed by atoms with van der Waals surface area (Å²) in [5.74, 6) is -0.155. The van der Waals surface area contributed by atoms with Gasteiger partial charge >= 0.3 is 0 Å². The number of hydrogen-bond acceptors (Lipinski definition) is 4. The molecule has 0 saturated heterocycles. The minimum absolute atomic E-state index is 0.118. The van der Waals surface area contributed by atoms with E-state index in [0.29, 0.717) is 11.3 Å². The van der Waals surface area contributed by atoms with E-state index in [2.05, 4.69) is 15.0 Å². The molecule has 2 N–H and O–H groups in total. The molecule has 6 nitrogen and oxygen atoms in total. The van der Waals surface area contributed by atoms with Crippen LogP contribution in [0.5, 0.6) is 0 Å². The number of benzene rings is 1. The van der Waals surface area contributed by atoms with E-state index in [4.69, 9.17) is 0 Å². The Balaban J connectivity index is 1.63. The van der Waals surface area contributed by atoms with Crippen LogP contribution in [0.15, 0.2) is 53.6 Å². The van der Waals surface area contributed by atoms with Gasteiger partial charge in [-0.2, -0.15) is 0 Å². The molecule has 2 aromatic rings. The minimum atomic E-state index is -3.65. The van der Waals surface area contributed by atoms with Crippen LogP contribution < -0.4 is 10.0 Å². The highest BCUT2D eigenvalue weighted by Crippen LogP contribution is 2.18. The number of carbonyl (C=O) groups is 1. The van der Waals surface area contributed by atoms with Crippen molar-refractivity contribution < 1.29 is 13.2 Å². The Morgan fingerprint density at radius 2 is 1.80 bits per heavy atom. The van der Waals surface area contributed by atoms with Crippen LogP contribution >= 0.6 is 0 Å². The molecule has 3 rings (SSSR count). The summed E-state index contributed by atoms with van der Waals surface area (Å²) < 4.78 is 27.2. The standard InChI is InChI=1S/C18H21N3O3S/c22-18(21-15-5-1-2-6-15)14-8-10-17(11-9-14)25(23,24)20-13-16-7-3-4-12-19-16/h3-4,7-12,15,20H,1-2,5-6,13H2,(H,21,22). The van der Waals surface area contributed by atoms with Gasteiger partial charge in [0.25, 0.3) is 5.91 Å². The van der Waals surface area contributed by atoms with Crippen molar-refractivity contribution in [1.29, 1.82) is 0 Å². The first kappa shape index (κ1) is 17.6. The number of hydrogen-bond donors (Lipinski definition) is 2. The molecule has 0 atom stereocenters. The van der Waals surface area contributed by atoms with Gasteiger partial charge in [0.1, 0.15) is 0 Å². The molecule has 25 heavy (non-hydrogen) atoms. The number of nitrogens with zero attached hydrogens (tertiary/aromatic N) is 1. The number of aromatic nitrogens is 1. The maximum absolute atomic E-state index is 12.3. The van der Waals surface area contributed by atoms with Crippen molar-refractivity contribution in [2.45, 2.75) is 43.2 Å². The molecule has 0 unspecified atom stereocenters. The fourth-order valence-corrected chi connectivity index (χ4v) is 3.88. The zero-order valence-electron chi connectivity index (χ0n) is 13.8. The highest BCUT2D eigenvalue weighted by atomic mass is 32.2. The number of nitrogens with one attached hydrogen (secondary N) is 2. The lowest BCUT2D eigenvalue weighted by Gasteiger charge is -2.12. The molecule has 1 amide bonds. The van der Waals surface area contributed by atoms with Crippen molar-refractivity contribution in [1.82, 2.24) is 15.0 Å². The third kappa shape index (κ3) is 4.64. The summed E-state index contributed by atoms with van der Waals surface area (Å²) in [5, 5.41) is 2.99. The van der Waals surface area contributed by atoms with Crippen LogP contribution in [0.4, 0.5) is 0 Å². The number of amides is 1. The molecule has 1 aliphatic carbocycles. The van der Waals surface area contributed by atoms with Crippen LogP contribution in [0.2, 0.25) is 0 Å².